The van der Waals surface area contributed by atoms with E-state index in [1.54, 1.807) is 12.1 Å². The first kappa shape index (κ1) is 20.8. The molecule has 2 heterocycles. The van der Waals surface area contributed by atoms with E-state index in [4.69, 9.17) is 21.1 Å². The molecule has 1 aromatic rings. The fourth-order valence-electron chi connectivity index (χ4n) is 4.41. The zero-order valence-corrected chi connectivity index (χ0v) is 19.3. The number of nitrogens with one attached hydrogen (secondary N) is 1. The largest absolute Gasteiger partial charge is 1.00 e. The van der Waals surface area contributed by atoms with Crippen LogP contribution in [0, 0.1) is 13.8 Å². The van der Waals surface area contributed by atoms with Crippen LogP contribution in [0.4, 0.5) is 0 Å². The smallest absolute Gasteiger partial charge is 0.873 e. The monoisotopic (exact) mass is 401 g/mol. The van der Waals surface area contributed by atoms with Crippen molar-refractivity contribution in [3.05, 3.63) is 39.6 Å². The number of rotatable bonds is 1. The van der Waals surface area contributed by atoms with Crippen molar-refractivity contribution >= 4 is 23.1 Å². The van der Waals surface area contributed by atoms with Crippen LogP contribution in [-0.4, -0.2) is 30.4 Å². The fraction of sp³-hybridized carbons (Fsp3) is 0.526. The van der Waals surface area contributed by atoms with Crippen LogP contribution in [-0.2, 0) is 14.3 Å². The molecule has 5 nitrogen and oxygen atoms in total. The molecule has 1 amide bonds. The molecule has 0 bridgehead atoms. The van der Waals surface area contributed by atoms with E-state index in [0.717, 1.165) is 11.1 Å². The van der Waals surface area contributed by atoms with E-state index < -0.39 is 11.3 Å². The molecule has 2 fully saturated rings. The summed E-state index contributed by atoms with van der Waals surface area (Å²) < 4.78 is 11.5. The molecular formula is C19H21ClKNO4. The van der Waals surface area contributed by atoms with E-state index >= 15 is 0 Å². The molecule has 134 valence electrons. The maximum atomic E-state index is 13.3. The Morgan fingerprint density at radius 2 is 1.62 bits per heavy atom. The predicted molar refractivity (Wildman–Crippen MR) is 91.8 cm³/mol. The van der Waals surface area contributed by atoms with Gasteiger partial charge >= 0.3 is 51.4 Å². The quantitative estimate of drug-likeness (QED) is 0.627. The zero-order valence-electron chi connectivity index (χ0n) is 15.4. The molecule has 0 unspecified atom stereocenters. The molecule has 0 atom stereocenters. The number of amides is 1. The van der Waals surface area contributed by atoms with Gasteiger partial charge in [0.1, 0.15) is 0 Å². The summed E-state index contributed by atoms with van der Waals surface area (Å²) in [4.78, 5) is 12.7. The molecule has 0 aromatic heterocycles. The molecule has 0 radical (unpaired) electrons. The summed E-state index contributed by atoms with van der Waals surface area (Å²) >= 11 is 6.09. The van der Waals surface area contributed by atoms with Gasteiger partial charge in [0.2, 0.25) is 0 Å². The SMILES string of the molecule is Cc1cc(Cl)cc(C)c1C1=C([O-])C2(CCC3(CC2)OCCO3)NC1=O.[K+]. The standard InChI is InChI=1S/C19H22ClNO4.K/c1-11-9-13(20)10-12(2)14(11)15-16(22)18(21-17(15)23)3-5-19(6-4-18)24-7-8-25-19;/h9-10,22H,3-8H2,1-2H3,(H,21,23);/q;+1/p-1. The van der Waals surface area contributed by atoms with Crippen LogP contribution in [0.3, 0.4) is 0 Å². The summed E-state index contributed by atoms with van der Waals surface area (Å²) in [6, 6.07) is 3.58. The molecule has 1 saturated heterocycles. The molecular weight excluding hydrogens is 381 g/mol. The fourth-order valence-corrected chi connectivity index (χ4v) is 4.73. The van der Waals surface area contributed by atoms with E-state index in [1.807, 2.05) is 13.8 Å². The first-order chi connectivity index (χ1) is 11.9. The Morgan fingerprint density at radius 1 is 1.08 bits per heavy atom. The second-order valence-electron chi connectivity index (χ2n) is 7.26. The number of benzene rings is 1. The van der Waals surface area contributed by atoms with Gasteiger partial charge in [-0.15, -0.1) is 0 Å². The van der Waals surface area contributed by atoms with E-state index in [-0.39, 0.29) is 68.6 Å². The molecule has 26 heavy (non-hydrogen) atoms. The van der Waals surface area contributed by atoms with Gasteiger partial charge in [0.25, 0.3) is 5.91 Å². The molecule has 2 aliphatic heterocycles. The van der Waals surface area contributed by atoms with Crippen molar-refractivity contribution in [1.82, 2.24) is 5.32 Å². The van der Waals surface area contributed by atoms with Crippen LogP contribution >= 0.6 is 11.6 Å². The first-order valence-electron chi connectivity index (χ1n) is 8.65. The topological polar surface area (TPSA) is 70.6 Å². The molecule has 1 aromatic carbocycles. The molecule has 1 aliphatic carbocycles. The maximum absolute atomic E-state index is 13.3. The zero-order chi connectivity index (χ0) is 17.8. The Labute approximate surface area is 200 Å². The van der Waals surface area contributed by atoms with Crippen LogP contribution in [0.5, 0.6) is 0 Å². The van der Waals surface area contributed by atoms with E-state index in [1.165, 1.54) is 0 Å². The van der Waals surface area contributed by atoms with Gasteiger partial charge in [-0.25, -0.2) is 0 Å². The first-order valence-corrected chi connectivity index (χ1v) is 9.03. The van der Waals surface area contributed by atoms with Crippen molar-refractivity contribution in [3.63, 3.8) is 0 Å². The van der Waals surface area contributed by atoms with Gasteiger partial charge in [-0.05, 0) is 55.5 Å². The van der Waals surface area contributed by atoms with Crippen LogP contribution in [0.15, 0.2) is 17.9 Å². The van der Waals surface area contributed by atoms with E-state index in [0.29, 0.717) is 49.5 Å². The minimum atomic E-state index is -0.828. The molecule has 1 N–H and O–H groups in total. The summed E-state index contributed by atoms with van der Waals surface area (Å²) in [6.45, 7) is 4.94. The number of halogens is 1. The van der Waals surface area contributed by atoms with Crippen LogP contribution < -0.4 is 61.8 Å². The van der Waals surface area contributed by atoms with Gasteiger partial charge < -0.3 is 19.9 Å². The van der Waals surface area contributed by atoms with Crippen LogP contribution in [0.2, 0.25) is 5.02 Å². The number of ether oxygens (including phenoxy) is 2. The maximum Gasteiger partial charge on any atom is 1.00 e. The number of carbonyl (C=O) groups is 1. The van der Waals surface area contributed by atoms with Crippen molar-refractivity contribution in [2.75, 3.05) is 13.2 Å². The summed E-state index contributed by atoms with van der Waals surface area (Å²) in [6.07, 6.45) is 2.30. The van der Waals surface area contributed by atoms with Gasteiger partial charge in [-0.1, -0.05) is 17.4 Å². The third-order valence-corrected chi connectivity index (χ3v) is 5.89. The number of hydrogen-bond acceptors (Lipinski definition) is 4. The van der Waals surface area contributed by atoms with Gasteiger partial charge in [-0.2, -0.15) is 0 Å². The van der Waals surface area contributed by atoms with Gasteiger partial charge in [-0.3, -0.25) is 4.79 Å². The Balaban J connectivity index is 0.00000196. The van der Waals surface area contributed by atoms with Crippen molar-refractivity contribution in [1.29, 1.82) is 0 Å². The second kappa shape index (κ2) is 7.48. The Kier molecular flexibility index (Phi) is 5.99. The average molecular weight is 402 g/mol. The Bertz CT molecular complexity index is 753. The van der Waals surface area contributed by atoms with Gasteiger partial charge in [0, 0.05) is 23.4 Å². The van der Waals surface area contributed by atoms with Crippen molar-refractivity contribution in [2.24, 2.45) is 0 Å². The molecule has 2 spiro atoms. The number of hydrogen-bond donors (Lipinski definition) is 1. The van der Waals surface area contributed by atoms with Crippen molar-refractivity contribution in [2.45, 2.75) is 50.9 Å². The van der Waals surface area contributed by atoms with Crippen LogP contribution in [0.25, 0.3) is 5.57 Å². The van der Waals surface area contributed by atoms with E-state index in [9.17, 15) is 9.90 Å². The van der Waals surface area contributed by atoms with E-state index in [2.05, 4.69) is 5.32 Å². The summed E-state index contributed by atoms with van der Waals surface area (Å²) in [7, 11) is 0. The van der Waals surface area contributed by atoms with Crippen molar-refractivity contribution < 1.29 is 70.8 Å². The third-order valence-electron chi connectivity index (χ3n) is 5.67. The second-order valence-corrected chi connectivity index (χ2v) is 7.70. The van der Waals surface area contributed by atoms with Crippen molar-refractivity contribution in [3.8, 4) is 0 Å². The summed E-state index contributed by atoms with van der Waals surface area (Å²) in [5.41, 5.74) is 1.82. The van der Waals surface area contributed by atoms with Gasteiger partial charge in [0.05, 0.1) is 18.8 Å². The number of carbonyl (C=O) groups excluding carboxylic acids is 1. The summed E-state index contributed by atoms with van der Waals surface area (Å²) in [5.74, 6) is -0.966. The van der Waals surface area contributed by atoms with Gasteiger partial charge in [0.15, 0.2) is 5.79 Å². The minimum absolute atomic E-state index is 0. The molecule has 3 aliphatic rings. The predicted octanol–water partition coefficient (Wildman–Crippen LogP) is -0.782. The molecule has 1 saturated carbocycles. The summed E-state index contributed by atoms with van der Waals surface area (Å²) in [5, 5.41) is 16.8. The van der Waals surface area contributed by atoms with Crippen LogP contribution in [0.1, 0.15) is 42.4 Å². The Hall–Kier alpha value is 0.0764. The average Bonchev–Trinajstić information content (AvgIpc) is 3.09. The third kappa shape index (κ3) is 3.33. The molecule has 7 heteroatoms. The minimum Gasteiger partial charge on any atom is -0.873 e. The normalized spacial score (nSPS) is 23.4. The Morgan fingerprint density at radius 3 is 2.15 bits per heavy atom. The number of aryl methyl sites for hydroxylation is 2. The molecule has 4 rings (SSSR count).